The van der Waals surface area contributed by atoms with Gasteiger partial charge >= 0.3 is 0 Å². The van der Waals surface area contributed by atoms with Gasteiger partial charge in [0.25, 0.3) is 11.9 Å². The summed E-state index contributed by atoms with van der Waals surface area (Å²) in [6, 6.07) is 7.21. The largest absolute Gasteiger partial charge is 0.496 e. The Morgan fingerprint density at radius 1 is 1.40 bits per heavy atom. The van der Waals surface area contributed by atoms with Gasteiger partial charge < -0.3 is 9.64 Å². The van der Waals surface area contributed by atoms with Crippen LogP contribution in [-0.4, -0.2) is 36.7 Å². The summed E-state index contributed by atoms with van der Waals surface area (Å²) in [5.41, 5.74) is 3.29. The summed E-state index contributed by atoms with van der Waals surface area (Å²) >= 11 is 0. The highest BCUT2D eigenvalue weighted by atomic mass is 16.5. The number of fused-ring (bicyclic) bond motifs is 1. The summed E-state index contributed by atoms with van der Waals surface area (Å²) < 4.78 is 5.51. The second kappa shape index (κ2) is 6.21. The molecule has 1 aliphatic carbocycles. The first kappa shape index (κ1) is 15.6. The molecule has 1 atom stereocenters. The van der Waals surface area contributed by atoms with E-state index < -0.39 is 0 Å². The Labute approximate surface area is 146 Å². The van der Waals surface area contributed by atoms with E-state index in [1.54, 1.807) is 19.2 Å². The minimum atomic E-state index is -0.352. The van der Waals surface area contributed by atoms with Crippen LogP contribution in [0.3, 0.4) is 0 Å². The molecule has 0 bridgehead atoms. The van der Waals surface area contributed by atoms with E-state index in [4.69, 9.17) is 4.74 Å². The average Bonchev–Trinajstić information content (AvgIpc) is 3.34. The minimum Gasteiger partial charge on any atom is -0.496 e. The van der Waals surface area contributed by atoms with Crippen LogP contribution in [0.25, 0.3) is 5.57 Å². The predicted molar refractivity (Wildman–Crippen MR) is 93.6 cm³/mol. The molecule has 0 aromatic heterocycles. The van der Waals surface area contributed by atoms with Crippen molar-refractivity contribution >= 4 is 17.7 Å². The van der Waals surface area contributed by atoms with E-state index in [0.29, 0.717) is 11.3 Å². The van der Waals surface area contributed by atoms with Gasteiger partial charge in [-0.25, -0.2) is 4.99 Å². The molecule has 1 amide bonds. The van der Waals surface area contributed by atoms with Crippen molar-refractivity contribution in [1.82, 2.24) is 4.90 Å². The summed E-state index contributed by atoms with van der Waals surface area (Å²) in [7, 11) is 1.62. The number of carbonyl (C=O) groups excluding carboxylic acids is 1. The number of ether oxygens (including phenoxy) is 1. The summed E-state index contributed by atoms with van der Waals surface area (Å²) in [5, 5.41) is 9.25. The van der Waals surface area contributed by atoms with E-state index in [2.05, 4.69) is 11.1 Å². The summed E-state index contributed by atoms with van der Waals surface area (Å²) in [6.45, 7) is 0.735. The van der Waals surface area contributed by atoms with Crippen LogP contribution >= 0.6 is 0 Å². The number of carbonyl (C=O) groups is 1. The summed E-state index contributed by atoms with van der Waals surface area (Å²) in [4.78, 5) is 17.7. The molecule has 3 aliphatic rings. The van der Waals surface area contributed by atoms with E-state index in [1.165, 1.54) is 12.8 Å². The zero-order chi connectivity index (χ0) is 17.4. The number of amides is 1. The smallest absolute Gasteiger partial charge is 0.300 e. The van der Waals surface area contributed by atoms with Crippen LogP contribution in [0.4, 0.5) is 0 Å². The number of nitrogens with one attached hydrogen (secondary N) is 1. The first-order valence-electron chi connectivity index (χ1n) is 8.62. The Balaban J connectivity index is 1.76. The third kappa shape index (κ3) is 2.85. The lowest BCUT2D eigenvalue weighted by molar-refractivity contribution is -0.467. The fraction of sp³-hybridized carbons (Fsp3) is 0.350. The SMILES string of the molecule is COc1ccc(C#N)cc1C1=CN(CCC2CC2)C(=O)C2[NH+]=CC=C12. The maximum atomic E-state index is 12.8. The van der Waals surface area contributed by atoms with Crippen LogP contribution in [-0.2, 0) is 4.79 Å². The Kier molecular flexibility index (Phi) is 3.89. The van der Waals surface area contributed by atoms with Gasteiger partial charge in [0, 0.05) is 35.5 Å². The first-order chi connectivity index (χ1) is 12.2. The van der Waals surface area contributed by atoms with Gasteiger partial charge in [-0.15, -0.1) is 0 Å². The molecule has 5 nitrogen and oxygen atoms in total. The zero-order valence-electron chi connectivity index (χ0n) is 14.2. The Morgan fingerprint density at radius 2 is 2.24 bits per heavy atom. The van der Waals surface area contributed by atoms with E-state index in [0.717, 1.165) is 35.6 Å². The molecular weight excluding hydrogens is 314 g/mol. The minimum absolute atomic E-state index is 0.0832. The Morgan fingerprint density at radius 3 is 2.96 bits per heavy atom. The van der Waals surface area contributed by atoms with Crippen molar-refractivity contribution in [2.24, 2.45) is 5.92 Å². The number of nitrogens with zero attached hydrogens (tertiary/aromatic N) is 2. The number of allylic oxidation sites excluding steroid dienone is 1. The monoisotopic (exact) mass is 334 g/mol. The van der Waals surface area contributed by atoms with Gasteiger partial charge in [0.2, 0.25) is 0 Å². The van der Waals surface area contributed by atoms with E-state index in [-0.39, 0.29) is 11.9 Å². The fourth-order valence-corrected chi connectivity index (χ4v) is 3.45. The van der Waals surface area contributed by atoms with Gasteiger partial charge in [-0.3, -0.25) is 4.79 Å². The average molecular weight is 334 g/mol. The van der Waals surface area contributed by atoms with Crippen molar-refractivity contribution in [2.75, 3.05) is 13.7 Å². The molecule has 126 valence electrons. The zero-order valence-corrected chi connectivity index (χ0v) is 14.2. The molecular formula is C20H20N3O2+. The highest BCUT2D eigenvalue weighted by Gasteiger charge is 2.40. The number of benzene rings is 1. The molecule has 2 heterocycles. The topological polar surface area (TPSA) is 67.3 Å². The van der Waals surface area contributed by atoms with Crippen LogP contribution in [0.1, 0.15) is 30.4 Å². The second-order valence-electron chi connectivity index (χ2n) is 6.72. The molecule has 5 heteroatoms. The van der Waals surface area contributed by atoms with Gasteiger partial charge in [0.1, 0.15) is 5.75 Å². The molecule has 1 fully saturated rings. The first-order valence-corrected chi connectivity index (χ1v) is 8.62. The van der Waals surface area contributed by atoms with E-state index >= 15 is 0 Å². The molecule has 0 radical (unpaired) electrons. The number of hydrogen-bond acceptors (Lipinski definition) is 3. The molecule has 1 aromatic carbocycles. The number of methoxy groups -OCH3 is 1. The quantitative estimate of drug-likeness (QED) is 0.874. The van der Waals surface area contributed by atoms with Crippen molar-refractivity contribution in [3.63, 3.8) is 0 Å². The molecule has 25 heavy (non-hydrogen) atoms. The van der Waals surface area contributed by atoms with Crippen molar-refractivity contribution in [2.45, 2.75) is 25.3 Å². The lowest BCUT2D eigenvalue weighted by Gasteiger charge is -2.28. The maximum absolute atomic E-state index is 12.8. The molecule has 1 N–H and O–H groups in total. The van der Waals surface area contributed by atoms with Crippen molar-refractivity contribution in [3.8, 4) is 11.8 Å². The van der Waals surface area contributed by atoms with Crippen molar-refractivity contribution in [3.05, 3.63) is 47.2 Å². The van der Waals surface area contributed by atoms with Gasteiger partial charge in [0.05, 0.1) is 18.7 Å². The Bertz CT molecular complexity index is 856. The molecule has 1 unspecified atom stereocenters. The maximum Gasteiger partial charge on any atom is 0.300 e. The Hall–Kier alpha value is -2.87. The molecule has 4 rings (SSSR count). The van der Waals surface area contributed by atoms with Crippen LogP contribution in [0.5, 0.6) is 5.75 Å². The highest BCUT2D eigenvalue weighted by Crippen LogP contribution is 2.37. The van der Waals surface area contributed by atoms with Gasteiger partial charge in [0.15, 0.2) is 6.21 Å². The third-order valence-corrected chi connectivity index (χ3v) is 5.06. The summed E-state index contributed by atoms with van der Waals surface area (Å²) in [6.07, 6.45) is 9.27. The van der Waals surface area contributed by atoms with Crippen LogP contribution in [0, 0.1) is 17.2 Å². The van der Waals surface area contributed by atoms with E-state index in [1.807, 2.05) is 29.5 Å². The lowest BCUT2D eigenvalue weighted by atomic mass is 9.89. The number of hydrogen-bond donors (Lipinski definition) is 1. The van der Waals surface area contributed by atoms with Crippen LogP contribution in [0.15, 0.2) is 36.0 Å². The number of rotatable bonds is 5. The number of nitriles is 1. The molecule has 1 aromatic rings. The predicted octanol–water partition coefficient (Wildman–Crippen LogP) is 1.01. The third-order valence-electron chi connectivity index (χ3n) is 5.06. The molecule has 0 spiro atoms. The van der Waals surface area contributed by atoms with Crippen molar-refractivity contribution < 1.29 is 14.5 Å². The highest BCUT2D eigenvalue weighted by molar-refractivity contribution is 6.01. The van der Waals surface area contributed by atoms with Gasteiger partial charge in [-0.2, -0.15) is 5.26 Å². The fourth-order valence-electron chi connectivity index (χ4n) is 3.45. The molecule has 2 aliphatic heterocycles. The van der Waals surface area contributed by atoms with Crippen LogP contribution < -0.4 is 9.73 Å². The normalized spacial score (nSPS) is 21.5. The van der Waals surface area contributed by atoms with Crippen molar-refractivity contribution in [1.29, 1.82) is 5.26 Å². The van der Waals surface area contributed by atoms with Gasteiger partial charge in [-0.1, -0.05) is 12.8 Å². The molecule has 0 saturated heterocycles. The second-order valence-corrected chi connectivity index (χ2v) is 6.72. The standard InChI is InChI=1S/C20H19N3O2/c1-25-18-5-4-14(11-21)10-16(18)17-12-23(9-7-13-2-3-13)20(24)19-15(17)6-8-22-19/h4-6,8,10,12-13,19H,2-3,7,9H2,1H3/p+1. The summed E-state index contributed by atoms with van der Waals surface area (Å²) in [5.74, 6) is 1.55. The lowest BCUT2D eigenvalue weighted by Crippen LogP contribution is -2.79. The van der Waals surface area contributed by atoms with E-state index in [9.17, 15) is 10.1 Å². The van der Waals surface area contributed by atoms with Gasteiger partial charge in [-0.05, 0) is 30.5 Å². The molecule has 1 saturated carbocycles. The van der Waals surface area contributed by atoms with Crippen LogP contribution in [0.2, 0.25) is 0 Å².